The molecule has 0 fully saturated rings. The molecule has 0 aliphatic carbocycles. The van der Waals surface area contributed by atoms with Crippen LogP contribution >= 0.6 is 0 Å². The zero-order valence-corrected chi connectivity index (χ0v) is 7.12. The Hall–Kier alpha value is -0.140. The van der Waals surface area contributed by atoms with Gasteiger partial charge in [0.15, 0.2) is 0 Å². The third kappa shape index (κ3) is 2.63. The van der Waals surface area contributed by atoms with Crippen LogP contribution in [0.5, 0.6) is 0 Å². The highest BCUT2D eigenvalue weighted by molar-refractivity contribution is 4.74. The topological polar surface area (TPSA) is 0 Å². The molecule has 0 amide bonds. The first-order valence-electron chi connectivity index (χ1n) is 3.67. The van der Waals surface area contributed by atoms with E-state index in [-0.39, 0.29) is 5.41 Å². The van der Waals surface area contributed by atoms with Gasteiger partial charge in [0.25, 0.3) is 0 Å². The molecule has 0 aromatic heterocycles. The summed E-state index contributed by atoms with van der Waals surface area (Å²) in [7, 11) is 0. The molecular weight excluding hydrogens is 134 g/mol. The molecule has 0 heterocycles. The monoisotopic (exact) mass is 150 g/mol. The van der Waals surface area contributed by atoms with Crippen molar-refractivity contribution >= 4 is 0 Å². The summed E-state index contributed by atoms with van der Waals surface area (Å²) in [6.07, 6.45) is -1.62. The van der Waals surface area contributed by atoms with E-state index in [1.807, 2.05) is 27.7 Å². The molecule has 0 aromatic carbocycles. The van der Waals surface area contributed by atoms with E-state index in [4.69, 9.17) is 0 Å². The lowest BCUT2D eigenvalue weighted by atomic mass is 9.79. The minimum atomic E-state index is -2.18. The molecule has 0 aliphatic heterocycles. The maximum Gasteiger partial charge on any atom is 0.241 e. The standard InChI is InChI=1S/C8H16F2/c1-5-6(7(9)10)8(2,3)4/h6-7H,5H2,1-4H3. The minimum Gasteiger partial charge on any atom is -0.210 e. The number of rotatable bonds is 2. The van der Waals surface area contributed by atoms with Crippen molar-refractivity contribution in [2.45, 2.75) is 40.5 Å². The fraction of sp³-hybridized carbons (Fsp3) is 1.00. The van der Waals surface area contributed by atoms with Crippen molar-refractivity contribution < 1.29 is 8.78 Å². The lowest BCUT2D eigenvalue weighted by molar-refractivity contribution is 0.0140. The summed E-state index contributed by atoms with van der Waals surface area (Å²) in [4.78, 5) is 0. The molecule has 0 aliphatic rings. The molecule has 0 rings (SSSR count). The first kappa shape index (κ1) is 9.86. The second kappa shape index (κ2) is 3.31. The van der Waals surface area contributed by atoms with Crippen LogP contribution in [0.15, 0.2) is 0 Å². The van der Waals surface area contributed by atoms with E-state index in [2.05, 4.69) is 0 Å². The Kier molecular flexibility index (Phi) is 3.26. The number of hydrogen-bond acceptors (Lipinski definition) is 0. The summed E-state index contributed by atoms with van der Waals surface area (Å²) in [5, 5.41) is 0. The van der Waals surface area contributed by atoms with Gasteiger partial charge in [-0.1, -0.05) is 27.7 Å². The van der Waals surface area contributed by atoms with E-state index in [0.29, 0.717) is 6.42 Å². The van der Waals surface area contributed by atoms with Crippen LogP contribution in [0.2, 0.25) is 0 Å². The van der Waals surface area contributed by atoms with Crippen molar-refractivity contribution in [3.8, 4) is 0 Å². The van der Waals surface area contributed by atoms with Crippen LogP contribution in [0.4, 0.5) is 8.78 Å². The van der Waals surface area contributed by atoms with Gasteiger partial charge in [-0.3, -0.25) is 0 Å². The maximum absolute atomic E-state index is 12.2. The average molecular weight is 150 g/mol. The van der Waals surface area contributed by atoms with E-state index in [9.17, 15) is 8.78 Å². The molecule has 10 heavy (non-hydrogen) atoms. The van der Waals surface area contributed by atoms with Crippen LogP contribution in [0.25, 0.3) is 0 Å². The fourth-order valence-electron chi connectivity index (χ4n) is 1.17. The van der Waals surface area contributed by atoms with Gasteiger partial charge in [0.1, 0.15) is 0 Å². The summed E-state index contributed by atoms with van der Waals surface area (Å²) in [5.74, 6) is -0.465. The predicted octanol–water partition coefficient (Wildman–Crippen LogP) is 3.32. The van der Waals surface area contributed by atoms with E-state index >= 15 is 0 Å². The fourth-order valence-corrected chi connectivity index (χ4v) is 1.17. The molecule has 0 nitrogen and oxygen atoms in total. The number of alkyl halides is 2. The molecule has 0 N–H and O–H groups in total. The highest BCUT2D eigenvalue weighted by atomic mass is 19.3. The molecule has 0 bridgehead atoms. The van der Waals surface area contributed by atoms with Gasteiger partial charge in [0.05, 0.1) is 0 Å². The molecule has 0 aromatic rings. The van der Waals surface area contributed by atoms with Gasteiger partial charge < -0.3 is 0 Å². The minimum absolute atomic E-state index is 0.261. The van der Waals surface area contributed by atoms with Crippen molar-refractivity contribution in [3.63, 3.8) is 0 Å². The largest absolute Gasteiger partial charge is 0.241 e. The maximum atomic E-state index is 12.2. The SMILES string of the molecule is CCC(C(F)F)C(C)(C)C. The van der Waals surface area contributed by atoms with E-state index in [1.165, 1.54) is 0 Å². The van der Waals surface area contributed by atoms with Gasteiger partial charge in [-0.2, -0.15) is 0 Å². The van der Waals surface area contributed by atoms with E-state index in [1.54, 1.807) is 0 Å². The van der Waals surface area contributed by atoms with Gasteiger partial charge in [0, 0.05) is 5.92 Å². The quantitative estimate of drug-likeness (QED) is 0.566. The highest BCUT2D eigenvalue weighted by Crippen LogP contribution is 2.33. The van der Waals surface area contributed by atoms with Gasteiger partial charge >= 0.3 is 0 Å². The van der Waals surface area contributed by atoms with Gasteiger partial charge in [-0.25, -0.2) is 8.78 Å². The second-order valence-electron chi connectivity index (χ2n) is 3.72. The van der Waals surface area contributed by atoms with Crippen LogP contribution in [-0.4, -0.2) is 6.43 Å². The Morgan fingerprint density at radius 1 is 1.20 bits per heavy atom. The van der Waals surface area contributed by atoms with Crippen LogP contribution in [0, 0.1) is 11.3 Å². The molecule has 2 heteroatoms. The molecule has 0 saturated carbocycles. The molecule has 0 saturated heterocycles. The zero-order valence-electron chi connectivity index (χ0n) is 7.12. The average Bonchev–Trinajstić information content (AvgIpc) is 1.60. The molecule has 62 valence electrons. The van der Waals surface area contributed by atoms with Gasteiger partial charge in [-0.05, 0) is 11.8 Å². The van der Waals surface area contributed by atoms with E-state index < -0.39 is 12.3 Å². The Bertz CT molecular complexity index is 91.9. The van der Waals surface area contributed by atoms with Crippen molar-refractivity contribution in [3.05, 3.63) is 0 Å². The first-order chi connectivity index (χ1) is 4.39. The van der Waals surface area contributed by atoms with Crippen LogP contribution in [0.3, 0.4) is 0 Å². The molecule has 0 radical (unpaired) electrons. The van der Waals surface area contributed by atoms with Crippen molar-refractivity contribution in [1.29, 1.82) is 0 Å². The summed E-state index contributed by atoms with van der Waals surface area (Å²) in [5.41, 5.74) is -0.261. The lowest BCUT2D eigenvalue weighted by Gasteiger charge is -2.28. The zero-order chi connectivity index (χ0) is 8.36. The van der Waals surface area contributed by atoms with Gasteiger partial charge in [-0.15, -0.1) is 0 Å². The van der Waals surface area contributed by atoms with Crippen molar-refractivity contribution in [2.24, 2.45) is 11.3 Å². The predicted molar refractivity (Wildman–Crippen MR) is 39.2 cm³/mol. The molecule has 0 spiro atoms. The van der Waals surface area contributed by atoms with Gasteiger partial charge in [0.2, 0.25) is 6.43 Å². The van der Waals surface area contributed by atoms with Crippen LogP contribution in [0.1, 0.15) is 34.1 Å². The van der Waals surface area contributed by atoms with E-state index in [0.717, 1.165) is 0 Å². The van der Waals surface area contributed by atoms with Crippen molar-refractivity contribution in [2.75, 3.05) is 0 Å². The summed E-state index contributed by atoms with van der Waals surface area (Å²) in [6, 6.07) is 0. The van der Waals surface area contributed by atoms with Crippen molar-refractivity contribution in [1.82, 2.24) is 0 Å². The Labute approximate surface area is 61.6 Å². The molecule has 1 unspecified atom stereocenters. The first-order valence-corrected chi connectivity index (χ1v) is 3.67. The second-order valence-corrected chi connectivity index (χ2v) is 3.72. The lowest BCUT2D eigenvalue weighted by Crippen LogP contribution is -2.26. The van der Waals surface area contributed by atoms with Crippen LogP contribution < -0.4 is 0 Å². The Morgan fingerprint density at radius 2 is 1.60 bits per heavy atom. The Morgan fingerprint density at radius 3 is 1.60 bits per heavy atom. The summed E-state index contributed by atoms with van der Waals surface area (Å²) >= 11 is 0. The number of hydrogen-bond donors (Lipinski definition) is 0. The highest BCUT2D eigenvalue weighted by Gasteiger charge is 2.30. The molecule has 1 atom stereocenters. The smallest absolute Gasteiger partial charge is 0.210 e. The summed E-state index contributed by atoms with van der Waals surface area (Å²) < 4.78 is 24.4. The number of halogens is 2. The third-order valence-electron chi connectivity index (χ3n) is 1.86. The summed E-state index contributed by atoms with van der Waals surface area (Å²) in [6.45, 7) is 7.37. The molecular formula is C8H16F2. The van der Waals surface area contributed by atoms with Crippen LogP contribution in [-0.2, 0) is 0 Å². The third-order valence-corrected chi connectivity index (χ3v) is 1.86. The Balaban J connectivity index is 4.07. The normalized spacial score (nSPS) is 15.9.